The second kappa shape index (κ2) is 6.67. The maximum Gasteiger partial charge on any atom is 0.165 e. The van der Waals surface area contributed by atoms with Crippen LogP contribution in [0.3, 0.4) is 0 Å². The van der Waals surface area contributed by atoms with Crippen molar-refractivity contribution in [1.82, 2.24) is 14.6 Å². The molecule has 1 fully saturated rings. The highest BCUT2D eigenvalue weighted by Crippen LogP contribution is 2.28. The zero-order chi connectivity index (χ0) is 18.2. The van der Waals surface area contributed by atoms with E-state index in [1.807, 2.05) is 23.0 Å². The van der Waals surface area contributed by atoms with E-state index >= 15 is 0 Å². The average molecular weight is 357 g/mol. The minimum atomic E-state index is 0.196. The predicted octanol–water partition coefficient (Wildman–Crippen LogP) is 4.23. The molecule has 136 valence electrons. The van der Waals surface area contributed by atoms with Gasteiger partial charge in [-0.15, -0.1) is 0 Å². The molecule has 2 heterocycles. The highest BCUT2D eigenvalue weighted by Gasteiger charge is 2.22. The largest absolute Gasteiger partial charge is 0.366 e. The summed E-state index contributed by atoms with van der Waals surface area (Å²) in [5, 5.41) is 10.5. The van der Waals surface area contributed by atoms with Gasteiger partial charge in [-0.1, -0.05) is 49.2 Å². The van der Waals surface area contributed by atoms with Crippen molar-refractivity contribution in [2.75, 3.05) is 5.32 Å². The van der Waals surface area contributed by atoms with Crippen molar-refractivity contribution < 1.29 is 0 Å². The molecule has 2 aromatic heterocycles. The van der Waals surface area contributed by atoms with Crippen molar-refractivity contribution in [3.05, 3.63) is 60.9 Å². The SMILES string of the molecule is N[C@@H]1CCCC[C@H]1Nc1ccn2ncc(-c3ccc4ccccc4c3)c2n1. The lowest BCUT2D eigenvalue weighted by Gasteiger charge is -2.29. The Morgan fingerprint density at radius 3 is 2.74 bits per heavy atom. The zero-order valence-electron chi connectivity index (χ0n) is 15.2. The molecule has 27 heavy (non-hydrogen) atoms. The van der Waals surface area contributed by atoms with Crippen LogP contribution in [0.15, 0.2) is 60.9 Å². The molecule has 0 radical (unpaired) electrons. The number of hydrogen-bond acceptors (Lipinski definition) is 4. The predicted molar refractivity (Wildman–Crippen MR) is 110 cm³/mol. The number of anilines is 1. The van der Waals surface area contributed by atoms with Gasteiger partial charge in [0.15, 0.2) is 5.65 Å². The summed E-state index contributed by atoms with van der Waals surface area (Å²) in [6.07, 6.45) is 8.48. The van der Waals surface area contributed by atoms with Crippen LogP contribution < -0.4 is 11.1 Å². The van der Waals surface area contributed by atoms with Crippen LogP contribution in [0.5, 0.6) is 0 Å². The Bertz CT molecular complexity index is 1100. The van der Waals surface area contributed by atoms with E-state index < -0.39 is 0 Å². The molecule has 2 aromatic carbocycles. The highest BCUT2D eigenvalue weighted by atomic mass is 15.3. The van der Waals surface area contributed by atoms with Gasteiger partial charge in [0, 0.05) is 23.8 Å². The van der Waals surface area contributed by atoms with E-state index in [4.69, 9.17) is 10.7 Å². The second-order valence-corrected chi connectivity index (χ2v) is 7.40. The van der Waals surface area contributed by atoms with Crippen LogP contribution in [0.2, 0.25) is 0 Å². The molecule has 5 nitrogen and oxygen atoms in total. The number of nitrogens with zero attached hydrogens (tertiary/aromatic N) is 3. The molecule has 1 aliphatic carbocycles. The van der Waals surface area contributed by atoms with Crippen molar-refractivity contribution in [3.8, 4) is 11.1 Å². The summed E-state index contributed by atoms with van der Waals surface area (Å²) in [6.45, 7) is 0. The van der Waals surface area contributed by atoms with Crippen LogP contribution in [-0.4, -0.2) is 26.7 Å². The number of nitrogens with one attached hydrogen (secondary N) is 1. The molecule has 2 atom stereocenters. The minimum Gasteiger partial charge on any atom is -0.366 e. The molecule has 0 saturated heterocycles. The fraction of sp³-hybridized carbons (Fsp3) is 0.273. The third kappa shape index (κ3) is 3.04. The van der Waals surface area contributed by atoms with Crippen LogP contribution in [0, 0.1) is 0 Å². The summed E-state index contributed by atoms with van der Waals surface area (Å²) in [6, 6.07) is 17.3. The maximum absolute atomic E-state index is 6.29. The molecule has 0 amide bonds. The number of nitrogens with two attached hydrogens (primary N) is 1. The van der Waals surface area contributed by atoms with E-state index in [0.29, 0.717) is 6.04 Å². The lowest BCUT2D eigenvalue weighted by atomic mass is 9.91. The Kier molecular flexibility index (Phi) is 4.02. The van der Waals surface area contributed by atoms with Gasteiger partial charge in [-0.05, 0) is 41.3 Å². The van der Waals surface area contributed by atoms with Crippen molar-refractivity contribution in [1.29, 1.82) is 0 Å². The van der Waals surface area contributed by atoms with Crippen LogP contribution in [-0.2, 0) is 0 Å². The van der Waals surface area contributed by atoms with Gasteiger partial charge in [-0.2, -0.15) is 5.10 Å². The van der Waals surface area contributed by atoms with Gasteiger partial charge >= 0.3 is 0 Å². The van der Waals surface area contributed by atoms with E-state index in [1.54, 1.807) is 0 Å². The Morgan fingerprint density at radius 2 is 1.85 bits per heavy atom. The first-order valence-corrected chi connectivity index (χ1v) is 9.64. The Balaban J connectivity index is 1.52. The third-order valence-corrected chi connectivity index (χ3v) is 5.58. The first-order chi connectivity index (χ1) is 13.3. The van der Waals surface area contributed by atoms with Gasteiger partial charge in [0.25, 0.3) is 0 Å². The van der Waals surface area contributed by atoms with Gasteiger partial charge < -0.3 is 11.1 Å². The van der Waals surface area contributed by atoms with E-state index in [9.17, 15) is 0 Å². The molecule has 5 heteroatoms. The van der Waals surface area contributed by atoms with Crippen LogP contribution in [0.1, 0.15) is 25.7 Å². The zero-order valence-corrected chi connectivity index (χ0v) is 15.2. The average Bonchev–Trinajstić information content (AvgIpc) is 3.13. The molecular formula is C22H23N5. The maximum atomic E-state index is 6.29. The van der Waals surface area contributed by atoms with Crippen molar-refractivity contribution >= 4 is 22.2 Å². The summed E-state index contributed by atoms with van der Waals surface area (Å²) in [5.41, 5.74) is 9.31. The molecule has 0 bridgehead atoms. The highest BCUT2D eigenvalue weighted by molar-refractivity contribution is 5.89. The topological polar surface area (TPSA) is 68.2 Å². The third-order valence-electron chi connectivity index (χ3n) is 5.58. The summed E-state index contributed by atoms with van der Waals surface area (Å²) in [4.78, 5) is 4.85. The summed E-state index contributed by atoms with van der Waals surface area (Å²) < 4.78 is 1.83. The van der Waals surface area contributed by atoms with Gasteiger partial charge in [-0.3, -0.25) is 0 Å². The Labute approximate surface area is 158 Å². The van der Waals surface area contributed by atoms with E-state index in [0.717, 1.165) is 35.4 Å². The second-order valence-electron chi connectivity index (χ2n) is 7.40. The molecular weight excluding hydrogens is 334 g/mol. The van der Waals surface area contributed by atoms with Gasteiger partial charge in [0.1, 0.15) is 5.82 Å². The molecule has 1 saturated carbocycles. The lowest BCUT2D eigenvalue weighted by molar-refractivity contribution is 0.403. The fourth-order valence-corrected chi connectivity index (χ4v) is 4.04. The first kappa shape index (κ1) is 16.3. The minimum absolute atomic E-state index is 0.196. The van der Waals surface area contributed by atoms with Crippen LogP contribution in [0.25, 0.3) is 27.5 Å². The van der Waals surface area contributed by atoms with Crippen molar-refractivity contribution in [3.63, 3.8) is 0 Å². The normalized spacial score (nSPS) is 20.2. The molecule has 5 rings (SSSR count). The standard InChI is InChI=1S/C22H23N5/c23-19-7-3-4-8-20(19)25-21-11-12-27-22(26-21)18(14-24-27)17-10-9-15-5-1-2-6-16(15)13-17/h1-2,5-6,9-14,19-20H,3-4,7-8,23H2,(H,25,26)/t19-,20-/m1/s1. The number of fused-ring (bicyclic) bond motifs is 2. The summed E-state index contributed by atoms with van der Waals surface area (Å²) >= 11 is 0. The van der Waals surface area contributed by atoms with Gasteiger partial charge in [0.2, 0.25) is 0 Å². The molecule has 0 aliphatic heterocycles. The summed E-state index contributed by atoms with van der Waals surface area (Å²) in [7, 11) is 0. The summed E-state index contributed by atoms with van der Waals surface area (Å²) in [5.74, 6) is 0.868. The quantitative estimate of drug-likeness (QED) is 0.576. The number of hydrogen-bond donors (Lipinski definition) is 2. The van der Waals surface area contributed by atoms with Gasteiger partial charge in [0.05, 0.1) is 6.20 Å². The van der Waals surface area contributed by atoms with Crippen molar-refractivity contribution in [2.45, 2.75) is 37.8 Å². The van der Waals surface area contributed by atoms with Gasteiger partial charge in [-0.25, -0.2) is 9.50 Å². The Morgan fingerprint density at radius 1 is 1.00 bits per heavy atom. The van der Waals surface area contributed by atoms with E-state index in [2.05, 4.69) is 52.9 Å². The fourth-order valence-electron chi connectivity index (χ4n) is 4.04. The smallest absolute Gasteiger partial charge is 0.165 e. The first-order valence-electron chi connectivity index (χ1n) is 9.64. The molecule has 0 spiro atoms. The van der Waals surface area contributed by atoms with Crippen LogP contribution in [0.4, 0.5) is 5.82 Å². The molecule has 1 aliphatic rings. The van der Waals surface area contributed by atoms with Crippen molar-refractivity contribution in [2.24, 2.45) is 5.73 Å². The lowest BCUT2D eigenvalue weighted by Crippen LogP contribution is -2.42. The molecule has 3 N–H and O–H groups in total. The molecule has 0 unspecified atom stereocenters. The monoisotopic (exact) mass is 357 g/mol. The van der Waals surface area contributed by atoms with E-state index in [-0.39, 0.29) is 6.04 Å². The number of rotatable bonds is 3. The van der Waals surface area contributed by atoms with Crippen LogP contribution >= 0.6 is 0 Å². The molecule has 4 aromatic rings. The van der Waals surface area contributed by atoms with E-state index in [1.165, 1.54) is 23.6 Å². The number of aromatic nitrogens is 3. The number of benzene rings is 2. The Hall–Kier alpha value is -2.92.